The lowest BCUT2D eigenvalue weighted by atomic mass is 9.99. The number of aryl methyl sites for hydroxylation is 1. The molecule has 1 aliphatic carbocycles. The molecule has 0 saturated heterocycles. The van der Waals surface area contributed by atoms with E-state index < -0.39 is 5.54 Å². The Hall–Kier alpha value is -2.20. The molecule has 3 heteroatoms. The quantitative estimate of drug-likeness (QED) is 0.523. The molecule has 3 aromatic rings. The van der Waals surface area contributed by atoms with Gasteiger partial charge in [0.1, 0.15) is 0 Å². The molecule has 0 bridgehead atoms. The number of fused-ring (bicyclic) bond motifs is 3. The zero-order valence-corrected chi connectivity index (χ0v) is 14.6. The molecule has 0 radical (unpaired) electrons. The third-order valence-electron chi connectivity index (χ3n) is 5.34. The Labute approximate surface area is 147 Å². The number of hydrogen-bond acceptors (Lipinski definition) is 3. The summed E-state index contributed by atoms with van der Waals surface area (Å²) in [5.74, 6) is 0. The predicted octanol–water partition coefficient (Wildman–Crippen LogP) is 3.63. The topological polar surface area (TPSA) is 52.5 Å². The summed E-state index contributed by atoms with van der Waals surface area (Å²) in [5.41, 5.74) is 6.92. The molecular weight excluding hydrogens is 310 g/mol. The molecule has 1 aliphatic rings. The molecule has 128 valence electrons. The molecule has 3 N–H and O–H groups in total. The van der Waals surface area contributed by atoms with Gasteiger partial charge in [0.25, 0.3) is 0 Å². The maximum atomic E-state index is 9.44. The highest BCUT2D eigenvalue weighted by Crippen LogP contribution is 2.47. The first-order valence-electron chi connectivity index (χ1n) is 8.69. The van der Waals surface area contributed by atoms with Crippen LogP contribution in [0.25, 0.3) is 33.0 Å². The van der Waals surface area contributed by atoms with Crippen molar-refractivity contribution in [2.75, 3.05) is 13.2 Å². The standard InChI is InChI=1S/C22H23NO2/c1-14-6-8-19-20-10-15(11-23-22(2,12-24)13-25)7-9-17(20)18-5-3-4-16(14)21(18)19/h3-10,23-25H,11-13H2,1-2H3. The molecule has 0 atom stereocenters. The van der Waals surface area contributed by atoms with Gasteiger partial charge in [0.05, 0.1) is 18.8 Å². The fourth-order valence-electron chi connectivity index (χ4n) is 3.64. The minimum atomic E-state index is -0.668. The van der Waals surface area contributed by atoms with E-state index in [1.54, 1.807) is 0 Å². The number of aliphatic hydroxyl groups is 2. The maximum Gasteiger partial charge on any atom is 0.0633 e. The Bertz CT molecular complexity index is 958. The Morgan fingerprint density at radius 2 is 1.60 bits per heavy atom. The average Bonchev–Trinajstić information content (AvgIpc) is 2.97. The van der Waals surface area contributed by atoms with Crippen molar-refractivity contribution in [3.8, 4) is 22.3 Å². The van der Waals surface area contributed by atoms with Crippen molar-refractivity contribution in [3.63, 3.8) is 0 Å². The summed E-state index contributed by atoms with van der Waals surface area (Å²) in [6.07, 6.45) is 0. The van der Waals surface area contributed by atoms with Gasteiger partial charge in [0.15, 0.2) is 0 Å². The first kappa shape index (κ1) is 16.3. The van der Waals surface area contributed by atoms with Crippen molar-refractivity contribution in [1.29, 1.82) is 0 Å². The molecule has 25 heavy (non-hydrogen) atoms. The van der Waals surface area contributed by atoms with Gasteiger partial charge < -0.3 is 15.5 Å². The van der Waals surface area contributed by atoms with E-state index in [1.165, 1.54) is 38.6 Å². The SMILES string of the molecule is Cc1ccc2c3c(cccc13)-c1ccc(CNC(C)(CO)CO)cc1-2. The van der Waals surface area contributed by atoms with Gasteiger partial charge in [-0.25, -0.2) is 0 Å². The first-order valence-corrected chi connectivity index (χ1v) is 8.69. The summed E-state index contributed by atoms with van der Waals surface area (Å²) in [7, 11) is 0. The summed E-state index contributed by atoms with van der Waals surface area (Å²) in [4.78, 5) is 0. The van der Waals surface area contributed by atoms with Gasteiger partial charge in [-0.3, -0.25) is 0 Å². The van der Waals surface area contributed by atoms with Gasteiger partial charge in [0.2, 0.25) is 0 Å². The van der Waals surface area contributed by atoms with E-state index in [0.29, 0.717) is 6.54 Å². The van der Waals surface area contributed by atoms with Crippen LogP contribution in [0.15, 0.2) is 48.5 Å². The smallest absolute Gasteiger partial charge is 0.0633 e. The van der Waals surface area contributed by atoms with Crippen molar-refractivity contribution in [2.24, 2.45) is 0 Å². The van der Waals surface area contributed by atoms with E-state index >= 15 is 0 Å². The highest BCUT2D eigenvalue weighted by molar-refractivity contribution is 6.16. The number of hydrogen-bond donors (Lipinski definition) is 3. The molecule has 0 aliphatic heterocycles. The molecule has 0 saturated carbocycles. The lowest BCUT2D eigenvalue weighted by Gasteiger charge is -2.26. The second-order valence-corrected chi connectivity index (χ2v) is 7.27. The molecule has 0 unspecified atom stereocenters. The van der Waals surface area contributed by atoms with E-state index in [4.69, 9.17) is 0 Å². The number of benzene rings is 3. The highest BCUT2D eigenvalue weighted by atomic mass is 16.3. The second-order valence-electron chi connectivity index (χ2n) is 7.27. The van der Waals surface area contributed by atoms with Crippen molar-refractivity contribution in [1.82, 2.24) is 5.32 Å². The van der Waals surface area contributed by atoms with Gasteiger partial charge in [-0.2, -0.15) is 0 Å². The maximum absolute atomic E-state index is 9.44. The number of rotatable bonds is 5. The molecule has 0 fully saturated rings. The molecule has 0 spiro atoms. The summed E-state index contributed by atoms with van der Waals surface area (Å²) in [6.45, 7) is 4.39. The Morgan fingerprint density at radius 3 is 2.36 bits per heavy atom. The van der Waals surface area contributed by atoms with Crippen LogP contribution in [-0.4, -0.2) is 29.0 Å². The van der Waals surface area contributed by atoms with Gasteiger partial charge in [0, 0.05) is 6.54 Å². The van der Waals surface area contributed by atoms with E-state index in [9.17, 15) is 10.2 Å². The lowest BCUT2D eigenvalue weighted by Crippen LogP contribution is -2.48. The van der Waals surface area contributed by atoms with Crippen molar-refractivity contribution >= 4 is 10.8 Å². The minimum absolute atomic E-state index is 0.0987. The zero-order chi connectivity index (χ0) is 17.6. The molecular formula is C22H23NO2. The highest BCUT2D eigenvalue weighted by Gasteiger charge is 2.24. The average molecular weight is 333 g/mol. The summed E-state index contributed by atoms with van der Waals surface area (Å²) in [6, 6.07) is 17.5. The van der Waals surface area contributed by atoms with Crippen LogP contribution in [0.2, 0.25) is 0 Å². The molecule has 4 rings (SSSR count). The zero-order valence-electron chi connectivity index (χ0n) is 14.6. The van der Waals surface area contributed by atoms with Crippen molar-refractivity contribution < 1.29 is 10.2 Å². The summed E-state index contributed by atoms with van der Waals surface area (Å²) < 4.78 is 0. The fourth-order valence-corrected chi connectivity index (χ4v) is 3.64. The van der Waals surface area contributed by atoms with Crippen LogP contribution in [0.4, 0.5) is 0 Å². The molecule has 0 heterocycles. The third kappa shape index (κ3) is 2.56. The monoisotopic (exact) mass is 333 g/mol. The fraction of sp³-hybridized carbons (Fsp3) is 0.273. The predicted molar refractivity (Wildman–Crippen MR) is 103 cm³/mol. The van der Waals surface area contributed by atoms with Crippen molar-refractivity contribution in [2.45, 2.75) is 25.9 Å². The van der Waals surface area contributed by atoms with Crippen molar-refractivity contribution in [3.05, 3.63) is 59.7 Å². The van der Waals surface area contributed by atoms with Crippen LogP contribution in [0, 0.1) is 6.92 Å². The van der Waals surface area contributed by atoms with Crippen LogP contribution in [-0.2, 0) is 6.54 Å². The van der Waals surface area contributed by atoms with E-state index in [2.05, 4.69) is 60.8 Å². The van der Waals surface area contributed by atoms with Gasteiger partial charge in [-0.1, -0.05) is 42.5 Å². The Morgan fingerprint density at radius 1 is 0.880 bits per heavy atom. The summed E-state index contributed by atoms with van der Waals surface area (Å²) >= 11 is 0. The van der Waals surface area contributed by atoms with Gasteiger partial charge >= 0.3 is 0 Å². The van der Waals surface area contributed by atoms with Crippen LogP contribution >= 0.6 is 0 Å². The Balaban J connectivity index is 1.75. The number of aliphatic hydroxyl groups excluding tert-OH is 2. The van der Waals surface area contributed by atoms with Gasteiger partial charge in [-0.05, 0) is 64.1 Å². The normalized spacial score (nSPS) is 12.6. The van der Waals surface area contributed by atoms with Crippen LogP contribution in [0.5, 0.6) is 0 Å². The summed E-state index contributed by atoms with van der Waals surface area (Å²) in [5, 5.41) is 24.8. The second kappa shape index (κ2) is 5.95. The van der Waals surface area contributed by atoms with Crippen LogP contribution < -0.4 is 5.32 Å². The molecule has 3 nitrogen and oxygen atoms in total. The van der Waals surface area contributed by atoms with Crippen LogP contribution in [0.3, 0.4) is 0 Å². The lowest BCUT2D eigenvalue weighted by molar-refractivity contribution is 0.103. The third-order valence-corrected chi connectivity index (χ3v) is 5.34. The Kier molecular flexibility index (Phi) is 3.88. The minimum Gasteiger partial charge on any atom is -0.394 e. The molecule has 0 aromatic heterocycles. The molecule has 0 amide bonds. The first-order chi connectivity index (χ1) is 12.1. The van der Waals surface area contributed by atoms with Gasteiger partial charge in [-0.15, -0.1) is 0 Å². The number of nitrogens with one attached hydrogen (secondary N) is 1. The van der Waals surface area contributed by atoms with E-state index in [1.807, 2.05) is 6.92 Å². The van der Waals surface area contributed by atoms with E-state index in [0.717, 1.165) is 5.56 Å². The molecule has 3 aromatic carbocycles. The largest absolute Gasteiger partial charge is 0.394 e. The van der Waals surface area contributed by atoms with Crippen LogP contribution in [0.1, 0.15) is 18.1 Å². The van der Waals surface area contributed by atoms with E-state index in [-0.39, 0.29) is 13.2 Å².